The maximum atomic E-state index is 13.8. The Bertz CT molecular complexity index is 1020. The van der Waals surface area contributed by atoms with Crippen molar-refractivity contribution in [1.82, 2.24) is 9.55 Å². The van der Waals surface area contributed by atoms with Crippen LogP contribution < -0.4 is 10.5 Å². The van der Waals surface area contributed by atoms with E-state index in [9.17, 15) is 4.79 Å². The van der Waals surface area contributed by atoms with Crippen LogP contribution in [0.2, 0.25) is 10.0 Å². The van der Waals surface area contributed by atoms with E-state index in [1.54, 1.807) is 22.8 Å². The second kappa shape index (κ2) is 7.96. The molecule has 2 aromatic rings. The molecule has 2 aliphatic rings. The maximum absolute atomic E-state index is 13.8. The Morgan fingerprint density at radius 1 is 1.17 bits per heavy atom. The lowest BCUT2D eigenvalue weighted by atomic mass is 9.40. The van der Waals surface area contributed by atoms with Crippen LogP contribution in [-0.4, -0.2) is 59.4 Å². The van der Waals surface area contributed by atoms with Crippen molar-refractivity contribution in [2.24, 2.45) is 5.41 Å². The third kappa shape index (κ3) is 3.83. The molecule has 2 saturated heterocycles. The molecule has 30 heavy (non-hydrogen) atoms. The predicted molar refractivity (Wildman–Crippen MR) is 131 cm³/mol. The van der Waals surface area contributed by atoms with Crippen molar-refractivity contribution in [2.75, 3.05) is 31.2 Å². The first kappa shape index (κ1) is 21.9. The summed E-state index contributed by atoms with van der Waals surface area (Å²) in [6.07, 6.45) is 3.27. The van der Waals surface area contributed by atoms with Gasteiger partial charge in [0.25, 0.3) is 5.56 Å². The number of rotatable bonds is 3. The predicted octanol–water partition coefficient (Wildman–Crippen LogP) is 0.864. The van der Waals surface area contributed by atoms with Crippen molar-refractivity contribution in [3.8, 4) is 5.69 Å². The van der Waals surface area contributed by atoms with Crippen molar-refractivity contribution in [2.45, 2.75) is 31.3 Å². The molecule has 2 aliphatic heterocycles. The first-order valence-corrected chi connectivity index (χ1v) is 11.3. The number of piperidine rings is 1. The molecule has 0 amide bonds. The van der Waals surface area contributed by atoms with Gasteiger partial charge >= 0.3 is 0 Å². The van der Waals surface area contributed by atoms with Crippen LogP contribution in [0.15, 0.2) is 23.0 Å². The second-order valence-electron chi connectivity index (χ2n) is 9.61. The first-order chi connectivity index (χ1) is 14.1. The van der Waals surface area contributed by atoms with E-state index in [0.29, 0.717) is 32.5 Å². The highest BCUT2D eigenvalue weighted by Gasteiger charge is 2.39. The molecule has 4 rings (SSSR count). The number of ether oxygens (including phenoxy) is 1. The topological polar surface area (TPSA) is 47.4 Å². The van der Waals surface area contributed by atoms with Gasteiger partial charge in [0, 0.05) is 25.3 Å². The molecule has 1 aromatic carbocycles. The Kier molecular flexibility index (Phi) is 5.80. The van der Waals surface area contributed by atoms with Gasteiger partial charge in [-0.05, 0) is 43.7 Å². The van der Waals surface area contributed by atoms with Gasteiger partial charge in [0.05, 0.1) is 45.9 Å². The Labute approximate surface area is 190 Å². The minimum Gasteiger partial charge on any atom is -0.381 e. The first-order valence-electron chi connectivity index (χ1n) is 10.5. The van der Waals surface area contributed by atoms with Crippen molar-refractivity contribution >= 4 is 52.6 Å². The molecule has 3 heterocycles. The zero-order valence-corrected chi connectivity index (χ0v) is 19.6. The van der Waals surface area contributed by atoms with Crippen molar-refractivity contribution < 1.29 is 4.74 Å². The average Bonchev–Trinajstić information content (AvgIpc) is 3.12. The van der Waals surface area contributed by atoms with Crippen LogP contribution in [0.5, 0.6) is 0 Å². The summed E-state index contributed by atoms with van der Waals surface area (Å²) in [5.74, 6) is 1.41. The second-order valence-corrected chi connectivity index (χ2v) is 10.4. The summed E-state index contributed by atoms with van der Waals surface area (Å²) < 4.78 is 7.26. The van der Waals surface area contributed by atoms with Crippen molar-refractivity contribution in [1.29, 1.82) is 0 Å². The minimum atomic E-state index is -0.370. The number of aromatic nitrogens is 2. The normalized spacial score (nSPS) is 18.8. The van der Waals surface area contributed by atoms with Crippen LogP contribution in [0, 0.1) is 12.3 Å². The van der Waals surface area contributed by atoms with Crippen LogP contribution in [0.3, 0.4) is 0 Å². The van der Waals surface area contributed by atoms with Gasteiger partial charge < -0.3 is 9.64 Å². The summed E-state index contributed by atoms with van der Waals surface area (Å²) in [7, 11) is 6.18. The van der Waals surface area contributed by atoms with Gasteiger partial charge in [-0.15, -0.1) is 0 Å². The highest BCUT2D eigenvalue weighted by atomic mass is 35.5. The minimum absolute atomic E-state index is 0.0846. The maximum Gasteiger partial charge on any atom is 0.261 e. The number of nitrogens with zero attached hydrogens (tertiary/aromatic N) is 3. The smallest absolute Gasteiger partial charge is 0.261 e. The summed E-state index contributed by atoms with van der Waals surface area (Å²) >= 11 is 12.7. The Morgan fingerprint density at radius 3 is 2.47 bits per heavy atom. The Balaban J connectivity index is 1.81. The lowest BCUT2D eigenvalue weighted by Crippen LogP contribution is -2.46. The molecule has 0 aliphatic carbocycles. The van der Waals surface area contributed by atoms with E-state index in [-0.39, 0.29) is 10.7 Å². The summed E-state index contributed by atoms with van der Waals surface area (Å²) in [6.45, 7) is 5.35. The summed E-state index contributed by atoms with van der Waals surface area (Å²) in [4.78, 5) is 21.0. The van der Waals surface area contributed by atoms with Gasteiger partial charge in [-0.2, -0.15) is 0 Å². The Morgan fingerprint density at radius 2 is 1.87 bits per heavy atom. The molecule has 0 atom stereocenters. The van der Waals surface area contributed by atoms with Gasteiger partial charge in [0.15, 0.2) is 0 Å². The molecule has 10 heteroatoms. The number of benzene rings is 1. The standard InChI is InChI=1S/C20H26B3Cl2N3O2/c1-12-26-17(27-8-5-19(6-9-27)7-10-30-11-19)15(20(21,22)23)18(29)28(12)14-4-2-3-13(24)16(14)25/h2-4H,5-11,21-23H2,1H3. The molecule has 1 aromatic heterocycles. The molecule has 0 saturated carbocycles. The molecule has 5 nitrogen and oxygen atoms in total. The van der Waals surface area contributed by atoms with Crippen molar-refractivity contribution in [3.63, 3.8) is 0 Å². The van der Waals surface area contributed by atoms with Gasteiger partial charge in [-0.1, -0.05) is 34.4 Å². The van der Waals surface area contributed by atoms with Gasteiger partial charge in [0.1, 0.15) is 11.6 Å². The molecule has 2 fully saturated rings. The molecule has 156 valence electrons. The lowest BCUT2D eigenvalue weighted by Gasteiger charge is -2.40. The average molecular weight is 444 g/mol. The Hall–Kier alpha value is -1.37. The molecule has 0 unspecified atom stereocenters. The molecular formula is C20H26B3Cl2N3O2. The zero-order chi connectivity index (χ0) is 21.7. The van der Waals surface area contributed by atoms with Crippen molar-refractivity contribution in [3.05, 3.63) is 50.0 Å². The van der Waals surface area contributed by atoms with E-state index in [2.05, 4.69) is 28.4 Å². The van der Waals surface area contributed by atoms with E-state index in [0.717, 1.165) is 51.4 Å². The summed E-state index contributed by atoms with van der Waals surface area (Å²) in [6, 6.07) is 5.32. The summed E-state index contributed by atoms with van der Waals surface area (Å²) in [5.41, 5.74) is 1.50. The fourth-order valence-electron chi connectivity index (χ4n) is 4.68. The molecular weight excluding hydrogens is 418 g/mol. The summed E-state index contributed by atoms with van der Waals surface area (Å²) in [5, 5.41) is 0.410. The number of hydrogen-bond acceptors (Lipinski definition) is 4. The highest BCUT2D eigenvalue weighted by Crippen LogP contribution is 2.40. The van der Waals surface area contributed by atoms with E-state index in [1.807, 2.05) is 6.92 Å². The van der Waals surface area contributed by atoms with Gasteiger partial charge in [0.2, 0.25) is 0 Å². The zero-order valence-electron chi connectivity index (χ0n) is 18.1. The van der Waals surface area contributed by atoms with Crippen LogP contribution in [0.4, 0.5) is 5.82 Å². The van der Waals surface area contributed by atoms with Crippen LogP contribution >= 0.6 is 23.2 Å². The number of hydrogen-bond donors (Lipinski definition) is 0. The fourth-order valence-corrected chi connectivity index (χ4v) is 5.06. The van der Waals surface area contributed by atoms with E-state index >= 15 is 0 Å². The molecule has 0 N–H and O–H groups in total. The van der Waals surface area contributed by atoms with E-state index in [1.165, 1.54) is 0 Å². The van der Waals surface area contributed by atoms with Crippen LogP contribution in [0.25, 0.3) is 5.69 Å². The molecule has 0 radical (unpaired) electrons. The highest BCUT2D eigenvalue weighted by molar-refractivity contribution is 6.59. The SMILES string of the molecule is BC(B)(B)c1c(N2CCC3(CCOC3)CC2)nc(C)n(-c2cccc(Cl)c2Cl)c1=O. The van der Waals surface area contributed by atoms with Crippen LogP contribution in [-0.2, 0) is 9.85 Å². The quantitative estimate of drug-likeness (QED) is 0.660. The number of halogens is 2. The van der Waals surface area contributed by atoms with E-state index < -0.39 is 0 Å². The fraction of sp³-hybridized carbons (Fsp3) is 0.500. The van der Waals surface area contributed by atoms with E-state index in [4.69, 9.17) is 32.9 Å². The number of aryl methyl sites for hydroxylation is 1. The lowest BCUT2D eigenvalue weighted by molar-refractivity contribution is 0.133. The number of anilines is 1. The van der Waals surface area contributed by atoms with Gasteiger partial charge in [-0.25, -0.2) is 4.98 Å². The largest absolute Gasteiger partial charge is 0.381 e. The third-order valence-electron chi connectivity index (χ3n) is 6.46. The molecule has 0 bridgehead atoms. The third-order valence-corrected chi connectivity index (χ3v) is 7.27. The molecule has 1 spiro atoms. The van der Waals surface area contributed by atoms with Gasteiger partial charge in [-0.3, -0.25) is 9.36 Å². The monoisotopic (exact) mass is 443 g/mol. The van der Waals surface area contributed by atoms with Crippen LogP contribution in [0.1, 0.15) is 30.7 Å².